The van der Waals surface area contributed by atoms with Gasteiger partial charge in [0.2, 0.25) is 0 Å². The highest BCUT2D eigenvalue weighted by Gasteiger charge is 1.85. The van der Waals surface area contributed by atoms with E-state index in [1.165, 1.54) is 32.1 Å². The summed E-state index contributed by atoms with van der Waals surface area (Å²) in [6.07, 6.45) is 25.0. The molecule has 76 valence electrons. The first-order valence-corrected chi connectivity index (χ1v) is 5.63. The maximum atomic E-state index is 2.30. The molecule has 0 spiro atoms. The molecular weight excluding hydrogens is 168 g/mol. The Kier molecular flexibility index (Phi) is 6.74. The van der Waals surface area contributed by atoms with Gasteiger partial charge in [-0.1, -0.05) is 55.0 Å². The van der Waals surface area contributed by atoms with Crippen molar-refractivity contribution in [3.63, 3.8) is 0 Å². The number of allylic oxidation sites excluding steroid dienone is 8. The standard InChI is InChI=1S/C14H20/c1-2-4-6-8-10-12-14-13-11-9-7-5-3-1/h1-6,9,11H,7-8,10,12-14H2/b2-1+,5-3+,6-4-,11-9-. The molecule has 0 aromatic rings. The van der Waals surface area contributed by atoms with E-state index in [0.717, 1.165) is 6.42 Å². The molecule has 0 aliphatic heterocycles. The molecule has 0 amide bonds. The Labute approximate surface area is 87.7 Å². The third kappa shape index (κ3) is 6.47. The van der Waals surface area contributed by atoms with Crippen molar-refractivity contribution in [1.82, 2.24) is 0 Å². The second-order valence-corrected chi connectivity index (χ2v) is 3.59. The summed E-state index contributed by atoms with van der Waals surface area (Å²) in [4.78, 5) is 0. The van der Waals surface area contributed by atoms with Gasteiger partial charge in [-0.25, -0.2) is 0 Å². The van der Waals surface area contributed by atoms with Crippen LogP contribution in [-0.4, -0.2) is 0 Å². The minimum Gasteiger partial charge on any atom is -0.0882 e. The SMILES string of the molecule is C1=C\CCCCC/C=C\C/C=C/C=C/1. The zero-order valence-electron chi connectivity index (χ0n) is 8.86. The van der Waals surface area contributed by atoms with Crippen molar-refractivity contribution >= 4 is 0 Å². The van der Waals surface area contributed by atoms with Crippen molar-refractivity contribution in [2.24, 2.45) is 0 Å². The van der Waals surface area contributed by atoms with Gasteiger partial charge in [-0.3, -0.25) is 0 Å². The van der Waals surface area contributed by atoms with Crippen LogP contribution in [0.25, 0.3) is 0 Å². The van der Waals surface area contributed by atoms with Crippen LogP contribution in [-0.2, 0) is 0 Å². The number of hydrogen-bond donors (Lipinski definition) is 0. The highest BCUT2D eigenvalue weighted by molar-refractivity contribution is 5.11. The molecule has 1 aliphatic rings. The summed E-state index contributed by atoms with van der Waals surface area (Å²) in [6, 6.07) is 0. The lowest BCUT2D eigenvalue weighted by atomic mass is 10.1. The molecule has 0 aromatic heterocycles. The van der Waals surface area contributed by atoms with Crippen LogP contribution >= 0.6 is 0 Å². The van der Waals surface area contributed by atoms with E-state index in [9.17, 15) is 0 Å². The van der Waals surface area contributed by atoms with E-state index >= 15 is 0 Å². The van der Waals surface area contributed by atoms with Crippen LogP contribution < -0.4 is 0 Å². The zero-order chi connectivity index (χ0) is 9.90. The molecule has 0 saturated carbocycles. The van der Waals surface area contributed by atoms with Gasteiger partial charge in [-0.15, -0.1) is 0 Å². The van der Waals surface area contributed by atoms with Crippen molar-refractivity contribution < 1.29 is 0 Å². The van der Waals surface area contributed by atoms with Crippen molar-refractivity contribution in [2.45, 2.75) is 38.5 Å². The average molecular weight is 188 g/mol. The summed E-state index contributed by atoms with van der Waals surface area (Å²) >= 11 is 0. The van der Waals surface area contributed by atoms with Crippen LogP contribution in [0.15, 0.2) is 48.6 Å². The fourth-order valence-corrected chi connectivity index (χ4v) is 1.45. The van der Waals surface area contributed by atoms with Gasteiger partial charge in [0.25, 0.3) is 0 Å². The highest BCUT2D eigenvalue weighted by Crippen LogP contribution is 2.05. The Morgan fingerprint density at radius 3 is 2.07 bits per heavy atom. The molecule has 1 aliphatic carbocycles. The molecular formula is C14H20. The average Bonchev–Trinajstić information content (AvgIpc) is 2.22. The van der Waals surface area contributed by atoms with Crippen LogP contribution in [0.2, 0.25) is 0 Å². The first kappa shape index (κ1) is 11.0. The summed E-state index contributed by atoms with van der Waals surface area (Å²) in [7, 11) is 0. The van der Waals surface area contributed by atoms with Crippen molar-refractivity contribution in [1.29, 1.82) is 0 Å². The molecule has 0 fully saturated rings. The lowest BCUT2D eigenvalue weighted by Gasteiger charge is -1.95. The largest absolute Gasteiger partial charge is 0.0882 e. The smallest absolute Gasteiger partial charge is 0.0166 e. The third-order valence-electron chi connectivity index (χ3n) is 2.29. The molecule has 0 N–H and O–H groups in total. The Morgan fingerprint density at radius 1 is 0.500 bits per heavy atom. The molecule has 0 heterocycles. The lowest BCUT2D eigenvalue weighted by Crippen LogP contribution is -1.75. The maximum Gasteiger partial charge on any atom is -0.0166 e. The predicted molar refractivity (Wildman–Crippen MR) is 64.3 cm³/mol. The highest BCUT2D eigenvalue weighted by atomic mass is 13.9. The second-order valence-electron chi connectivity index (χ2n) is 3.59. The van der Waals surface area contributed by atoms with E-state index in [0.29, 0.717) is 0 Å². The maximum absolute atomic E-state index is 2.30. The van der Waals surface area contributed by atoms with E-state index < -0.39 is 0 Å². The molecule has 0 saturated heterocycles. The molecule has 0 radical (unpaired) electrons. The summed E-state index contributed by atoms with van der Waals surface area (Å²) < 4.78 is 0. The van der Waals surface area contributed by atoms with Gasteiger partial charge in [0.1, 0.15) is 0 Å². The minimum absolute atomic E-state index is 1.06. The zero-order valence-corrected chi connectivity index (χ0v) is 8.86. The van der Waals surface area contributed by atoms with Gasteiger partial charge in [0.15, 0.2) is 0 Å². The van der Waals surface area contributed by atoms with E-state index in [2.05, 4.69) is 48.6 Å². The fourth-order valence-electron chi connectivity index (χ4n) is 1.45. The second kappa shape index (κ2) is 8.55. The summed E-state index contributed by atoms with van der Waals surface area (Å²) in [5.74, 6) is 0. The molecule has 0 bridgehead atoms. The summed E-state index contributed by atoms with van der Waals surface area (Å²) in [6.45, 7) is 0. The molecule has 0 unspecified atom stereocenters. The van der Waals surface area contributed by atoms with Crippen LogP contribution in [0, 0.1) is 0 Å². The van der Waals surface area contributed by atoms with Gasteiger partial charge in [0.05, 0.1) is 0 Å². The monoisotopic (exact) mass is 188 g/mol. The fraction of sp³-hybridized carbons (Fsp3) is 0.429. The Hall–Kier alpha value is -1.04. The van der Waals surface area contributed by atoms with Crippen LogP contribution in [0.1, 0.15) is 38.5 Å². The molecule has 1 rings (SSSR count). The molecule has 14 heavy (non-hydrogen) atoms. The van der Waals surface area contributed by atoms with Crippen molar-refractivity contribution in [2.75, 3.05) is 0 Å². The topological polar surface area (TPSA) is 0 Å². The lowest BCUT2D eigenvalue weighted by molar-refractivity contribution is 0.695. The van der Waals surface area contributed by atoms with Gasteiger partial charge in [-0.05, 0) is 32.1 Å². The molecule has 0 heteroatoms. The van der Waals surface area contributed by atoms with E-state index in [4.69, 9.17) is 0 Å². The van der Waals surface area contributed by atoms with Gasteiger partial charge >= 0.3 is 0 Å². The van der Waals surface area contributed by atoms with Crippen LogP contribution in [0.5, 0.6) is 0 Å². The first-order chi connectivity index (χ1) is 7.00. The predicted octanol–water partition coefficient (Wildman–Crippen LogP) is 4.57. The molecule has 0 nitrogen and oxygen atoms in total. The third-order valence-corrected chi connectivity index (χ3v) is 2.29. The van der Waals surface area contributed by atoms with Crippen molar-refractivity contribution in [3.05, 3.63) is 48.6 Å². The number of rotatable bonds is 0. The summed E-state index contributed by atoms with van der Waals surface area (Å²) in [5, 5.41) is 0. The number of hydrogen-bond acceptors (Lipinski definition) is 0. The van der Waals surface area contributed by atoms with Crippen LogP contribution in [0.4, 0.5) is 0 Å². The summed E-state index contributed by atoms with van der Waals surface area (Å²) in [5.41, 5.74) is 0. The molecule has 0 atom stereocenters. The van der Waals surface area contributed by atoms with Crippen molar-refractivity contribution in [3.8, 4) is 0 Å². The molecule has 0 aromatic carbocycles. The minimum atomic E-state index is 1.06. The van der Waals surface area contributed by atoms with E-state index in [1.807, 2.05) is 0 Å². The van der Waals surface area contributed by atoms with E-state index in [1.54, 1.807) is 0 Å². The first-order valence-electron chi connectivity index (χ1n) is 5.63. The Bertz CT molecular complexity index is 228. The Balaban J connectivity index is 2.36. The van der Waals surface area contributed by atoms with Crippen LogP contribution in [0.3, 0.4) is 0 Å². The van der Waals surface area contributed by atoms with Gasteiger partial charge < -0.3 is 0 Å². The normalized spacial score (nSPS) is 28.6. The quantitative estimate of drug-likeness (QED) is 0.489. The van der Waals surface area contributed by atoms with Gasteiger partial charge in [0, 0.05) is 0 Å². The Morgan fingerprint density at radius 2 is 1.21 bits per heavy atom. The van der Waals surface area contributed by atoms with E-state index in [-0.39, 0.29) is 0 Å². The van der Waals surface area contributed by atoms with Gasteiger partial charge in [-0.2, -0.15) is 0 Å².